The van der Waals surface area contributed by atoms with Crippen LogP contribution < -0.4 is 0 Å². The zero-order valence-corrected chi connectivity index (χ0v) is 17.4. The van der Waals surface area contributed by atoms with Gasteiger partial charge in [0.15, 0.2) is 0 Å². The second kappa shape index (κ2) is 6.91. The summed E-state index contributed by atoms with van der Waals surface area (Å²) in [6.07, 6.45) is 1.78. The summed E-state index contributed by atoms with van der Waals surface area (Å²) < 4.78 is 27.8. The van der Waals surface area contributed by atoms with Crippen molar-refractivity contribution in [2.24, 2.45) is 5.92 Å². The van der Waals surface area contributed by atoms with Crippen LogP contribution in [0.2, 0.25) is 19.6 Å². The van der Waals surface area contributed by atoms with Crippen molar-refractivity contribution < 1.29 is 8.42 Å². The average molecular weight is 375 g/mol. The lowest BCUT2D eigenvalue weighted by molar-refractivity contribution is 0.385. The van der Waals surface area contributed by atoms with Crippen molar-refractivity contribution in [3.05, 3.63) is 53.3 Å². The van der Waals surface area contributed by atoms with Crippen LogP contribution in [-0.4, -0.2) is 33.4 Å². The molecule has 0 aromatic heterocycles. The van der Waals surface area contributed by atoms with Crippen LogP contribution in [0.25, 0.3) is 0 Å². The number of nitriles is 1. The highest BCUT2D eigenvalue weighted by Gasteiger charge is 2.43. The van der Waals surface area contributed by atoms with Gasteiger partial charge in [-0.3, -0.25) is 0 Å². The number of hydrogen-bond donors (Lipinski definition) is 0. The minimum absolute atomic E-state index is 0.124. The van der Waals surface area contributed by atoms with Gasteiger partial charge in [-0.25, -0.2) is 8.42 Å². The highest BCUT2D eigenvalue weighted by atomic mass is 32.2. The molecular weight excluding hydrogens is 348 g/mol. The maximum Gasteiger partial charge on any atom is 0.243 e. The highest BCUT2D eigenvalue weighted by Crippen LogP contribution is 2.38. The third-order valence-electron chi connectivity index (χ3n) is 4.77. The Labute approximate surface area is 152 Å². The van der Waals surface area contributed by atoms with Crippen molar-refractivity contribution >= 4 is 18.1 Å². The Morgan fingerprint density at radius 3 is 2.32 bits per heavy atom. The van der Waals surface area contributed by atoms with Crippen molar-refractivity contribution in [1.82, 2.24) is 4.31 Å². The maximum atomic E-state index is 13.1. The summed E-state index contributed by atoms with van der Waals surface area (Å²) in [5.41, 5.74) is 1.93. The fraction of sp³-hybridized carbons (Fsp3) is 0.421. The molecule has 0 bridgehead atoms. The van der Waals surface area contributed by atoms with Gasteiger partial charge in [-0.05, 0) is 31.6 Å². The standard InChI is InChI=1S/C19H26N2O2SSi/c1-7-17-15(3)21(13-18(17)19(12-20)25(4,5)6)24(22,23)16-10-8-14(2)9-11-16/h7-11,15,17H,1,13H2,2-6H3/b19-18+. The van der Waals surface area contributed by atoms with Crippen LogP contribution in [0.3, 0.4) is 0 Å². The van der Waals surface area contributed by atoms with Gasteiger partial charge < -0.3 is 0 Å². The first-order chi connectivity index (χ1) is 11.5. The van der Waals surface area contributed by atoms with Crippen LogP contribution in [0.4, 0.5) is 0 Å². The molecule has 1 aromatic rings. The van der Waals surface area contributed by atoms with Crippen LogP contribution >= 0.6 is 0 Å². The first kappa shape index (κ1) is 19.6. The smallest absolute Gasteiger partial charge is 0.207 e. The first-order valence-electron chi connectivity index (χ1n) is 8.38. The molecule has 6 heteroatoms. The van der Waals surface area contributed by atoms with Gasteiger partial charge in [0.05, 0.1) is 19.0 Å². The quantitative estimate of drug-likeness (QED) is 0.456. The van der Waals surface area contributed by atoms with Gasteiger partial charge in [0, 0.05) is 23.7 Å². The monoisotopic (exact) mass is 374 g/mol. The number of benzene rings is 1. The lowest BCUT2D eigenvalue weighted by Crippen LogP contribution is -2.35. The fourth-order valence-corrected chi connectivity index (χ4v) is 6.52. The molecule has 1 aliphatic rings. The lowest BCUT2D eigenvalue weighted by atomic mass is 9.97. The first-order valence-corrected chi connectivity index (χ1v) is 13.3. The molecule has 0 saturated carbocycles. The van der Waals surface area contributed by atoms with E-state index in [2.05, 4.69) is 32.3 Å². The van der Waals surface area contributed by atoms with E-state index in [1.165, 1.54) is 4.31 Å². The summed E-state index contributed by atoms with van der Waals surface area (Å²) in [7, 11) is -5.48. The molecule has 2 unspecified atom stereocenters. The van der Waals surface area contributed by atoms with Crippen LogP contribution in [0.1, 0.15) is 12.5 Å². The summed E-state index contributed by atoms with van der Waals surface area (Å²) in [4.78, 5) is 0.292. The lowest BCUT2D eigenvalue weighted by Gasteiger charge is -2.22. The van der Waals surface area contributed by atoms with Gasteiger partial charge in [-0.2, -0.15) is 9.57 Å². The van der Waals surface area contributed by atoms with Crippen LogP contribution in [0.15, 0.2) is 52.6 Å². The van der Waals surface area contributed by atoms with E-state index in [0.717, 1.165) is 16.3 Å². The van der Waals surface area contributed by atoms with Crippen molar-refractivity contribution in [3.63, 3.8) is 0 Å². The van der Waals surface area contributed by atoms with Crippen LogP contribution in [-0.2, 0) is 10.0 Å². The van der Waals surface area contributed by atoms with E-state index >= 15 is 0 Å². The summed E-state index contributed by atoms with van der Waals surface area (Å²) in [5.74, 6) is -0.124. The Kier molecular flexibility index (Phi) is 5.43. The van der Waals surface area contributed by atoms with Crippen molar-refractivity contribution in [1.29, 1.82) is 5.26 Å². The maximum absolute atomic E-state index is 13.1. The van der Waals surface area contributed by atoms with Gasteiger partial charge in [0.25, 0.3) is 0 Å². The number of hydrogen-bond acceptors (Lipinski definition) is 3. The second-order valence-electron chi connectivity index (χ2n) is 7.63. The molecule has 4 nitrogen and oxygen atoms in total. The van der Waals surface area contributed by atoms with E-state index in [9.17, 15) is 13.7 Å². The SMILES string of the molecule is C=CC1/C(=C(\C#N)[Si](C)(C)C)CN(S(=O)(=O)c2ccc(C)cc2)C1C. The molecule has 0 N–H and O–H groups in total. The summed E-state index contributed by atoms with van der Waals surface area (Å²) in [6, 6.07) is 9.01. The topological polar surface area (TPSA) is 61.2 Å². The molecule has 1 saturated heterocycles. The van der Waals surface area contributed by atoms with Crippen molar-refractivity contribution in [3.8, 4) is 6.07 Å². The fourth-order valence-electron chi connectivity index (χ4n) is 3.34. The van der Waals surface area contributed by atoms with Gasteiger partial charge in [-0.1, -0.05) is 43.4 Å². The molecule has 0 radical (unpaired) electrons. The number of nitrogens with zero attached hydrogens (tertiary/aromatic N) is 2. The molecule has 2 rings (SSSR count). The Bertz CT molecular complexity index is 843. The third kappa shape index (κ3) is 3.64. The Morgan fingerprint density at radius 2 is 1.88 bits per heavy atom. The summed E-state index contributed by atoms with van der Waals surface area (Å²) in [6.45, 7) is 14.3. The summed E-state index contributed by atoms with van der Waals surface area (Å²) >= 11 is 0. The number of rotatable bonds is 4. The van der Waals surface area contributed by atoms with E-state index < -0.39 is 18.1 Å². The number of aryl methyl sites for hydroxylation is 1. The number of allylic oxidation sites excluding steroid dienone is 1. The molecule has 0 spiro atoms. The van der Waals surface area contributed by atoms with E-state index in [4.69, 9.17) is 0 Å². The molecular formula is C19H26N2O2SSi. The van der Waals surface area contributed by atoms with Crippen LogP contribution in [0.5, 0.6) is 0 Å². The molecule has 1 fully saturated rings. The largest absolute Gasteiger partial charge is 0.243 e. The van der Waals surface area contributed by atoms with Gasteiger partial charge >= 0.3 is 0 Å². The molecule has 1 heterocycles. The third-order valence-corrected chi connectivity index (χ3v) is 8.65. The van der Waals surface area contributed by atoms with E-state index in [-0.39, 0.29) is 18.5 Å². The van der Waals surface area contributed by atoms with Crippen molar-refractivity contribution in [2.45, 2.75) is 44.4 Å². The molecule has 1 aromatic carbocycles. The van der Waals surface area contributed by atoms with E-state index in [1.54, 1.807) is 30.3 Å². The molecule has 25 heavy (non-hydrogen) atoms. The molecule has 134 valence electrons. The van der Waals surface area contributed by atoms with E-state index in [1.807, 2.05) is 13.8 Å². The van der Waals surface area contributed by atoms with Gasteiger partial charge in [-0.15, -0.1) is 6.58 Å². The zero-order valence-electron chi connectivity index (χ0n) is 15.6. The Hall–Kier alpha value is -1.68. The Balaban J connectivity index is 2.55. The molecule has 0 amide bonds. The molecule has 2 atom stereocenters. The molecule has 0 aliphatic carbocycles. The minimum atomic E-state index is -3.61. The van der Waals surface area contributed by atoms with Gasteiger partial charge in [0.1, 0.15) is 0 Å². The predicted octanol–water partition coefficient (Wildman–Crippen LogP) is 3.89. The van der Waals surface area contributed by atoms with Crippen LogP contribution in [0, 0.1) is 24.2 Å². The summed E-state index contributed by atoms with van der Waals surface area (Å²) in [5, 5.41) is 10.5. The number of sulfonamides is 1. The predicted molar refractivity (Wildman–Crippen MR) is 104 cm³/mol. The molecule has 1 aliphatic heterocycles. The average Bonchev–Trinajstić information content (AvgIpc) is 2.84. The van der Waals surface area contributed by atoms with Gasteiger partial charge in [0.2, 0.25) is 10.0 Å². The Morgan fingerprint density at radius 1 is 1.32 bits per heavy atom. The normalized spacial score (nSPS) is 24.0. The second-order valence-corrected chi connectivity index (χ2v) is 14.5. The van der Waals surface area contributed by atoms with E-state index in [0.29, 0.717) is 4.90 Å². The highest BCUT2D eigenvalue weighted by molar-refractivity contribution is 7.89. The minimum Gasteiger partial charge on any atom is -0.207 e. The zero-order chi connectivity index (χ0) is 19.0. The van der Waals surface area contributed by atoms with Crippen molar-refractivity contribution in [2.75, 3.05) is 6.54 Å².